The van der Waals surface area contributed by atoms with Crippen LogP contribution >= 0.6 is 0 Å². The smallest absolute Gasteiger partial charge is 0.251 e. The van der Waals surface area contributed by atoms with E-state index in [-0.39, 0.29) is 11.9 Å². The van der Waals surface area contributed by atoms with Gasteiger partial charge in [-0.3, -0.25) is 10.6 Å². The number of nitrogens with one attached hydrogen (secondary N) is 2. The second-order valence-corrected chi connectivity index (χ2v) is 4.71. The number of furan rings is 1. The lowest BCUT2D eigenvalue weighted by atomic mass is 10.1. The molecule has 0 saturated carbocycles. The molecular weight excluding hydrogens is 254 g/mol. The largest absolute Gasteiger partial charge is 0.469 e. The van der Waals surface area contributed by atoms with Gasteiger partial charge in [0.1, 0.15) is 5.76 Å². The number of amides is 1. The molecule has 0 radical (unpaired) electrons. The van der Waals surface area contributed by atoms with Crippen LogP contribution in [0.3, 0.4) is 0 Å². The molecule has 106 valence electrons. The second kappa shape index (κ2) is 6.77. The van der Waals surface area contributed by atoms with Gasteiger partial charge in [-0.2, -0.15) is 0 Å². The van der Waals surface area contributed by atoms with Gasteiger partial charge < -0.3 is 15.2 Å². The van der Waals surface area contributed by atoms with Crippen LogP contribution in [0.15, 0.2) is 47.1 Å². The summed E-state index contributed by atoms with van der Waals surface area (Å²) in [6.45, 7) is 1.98. The van der Waals surface area contributed by atoms with Gasteiger partial charge in [0.15, 0.2) is 0 Å². The molecular formula is C15H19N3O2. The Morgan fingerprint density at radius 3 is 2.65 bits per heavy atom. The number of nitrogens with two attached hydrogens (primary N) is 1. The molecule has 20 heavy (non-hydrogen) atoms. The van der Waals surface area contributed by atoms with Crippen molar-refractivity contribution in [3.8, 4) is 0 Å². The van der Waals surface area contributed by atoms with Crippen molar-refractivity contribution in [2.24, 2.45) is 5.84 Å². The number of nitrogen functional groups attached to an aromatic ring is 1. The normalized spacial score (nSPS) is 11.9. The minimum Gasteiger partial charge on any atom is -0.469 e. The topological polar surface area (TPSA) is 80.3 Å². The molecule has 1 aromatic heterocycles. The summed E-state index contributed by atoms with van der Waals surface area (Å²) in [7, 11) is 0. The van der Waals surface area contributed by atoms with Crippen molar-refractivity contribution in [2.75, 3.05) is 5.43 Å². The van der Waals surface area contributed by atoms with E-state index in [0.29, 0.717) is 5.56 Å². The molecule has 0 aliphatic heterocycles. The summed E-state index contributed by atoms with van der Waals surface area (Å²) >= 11 is 0. The van der Waals surface area contributed by atoms with Crippen LogP contribution in [-0.4, -0.2) is 11.9 Å². The fourth-order valence-electron chi connectivity index (χ4n) is 1.91. The Bertz CT molecular complexity index is 535. The summed E-state index contributed by atoms with van der Waals surface area (Å²) in [6.07, 6.45) is 3.30. The first-order chi connectivity index (χ1) is 9.69. The van der Waals surface area contributed by atoms with Gasteiger partial charge >= 0.3 is 0 Å². The van der Waals surface area contributed by atoms with E-state index in [4.69, 9.17) is 10.3 Å². The van der Waals surface area contributed by atoms with Gasteiger partial charge in [-0.15, -0.1) is 0 Å². The summed E-state index contributed by atoms with van der Waals surface area (Å²) in [5.74, 6) is 6.14. The zero-order chi connectivity index (χ0) is 14.4. The lowest BCUT2D eigenvalue weighted by Crippen LogP contribution is -2.32. The quantitative estimate of drug-likeness (QED) is 0.557. The average Bonchev–Trinajstić information content (AvgIpc) is 2.98. The Morgan fingerprint density at radius 1 is 1.30 bits per heavy atom. The van der Waals surface area contributed by atoms with Gasteiger partial charge in [-0.25, -0.2) is 0 Å². The summed E-state index contributed by atoms with van der Waals surface area (Å²) in [4.78, 5) is 12.0. The molecule has 4 N–H and O–H groups in total. The Balaban J connectivity index is 1.83. The maximum absolute atomic E-state index is 12.0. The van der Waals surface area contributed by atoms with Crippen molar-refractivity contribution in [3.05, 3.63) is 54.0 Å². The Morgan fingerprint density at radius 2 is 2.05 bits per heavy atom. The highest BCUT2D eigenvalue weighted by atomic mass is 16.3. The highest BCUT2D eigenvalue weighted by molar-refractivity contribution is 5.94. The first-order valence-electron chi connectivity index (χ1n) is 6.59. The van der Waals surface area contributed by atoms with Crippen LogP contribution in [-0.2, 0) is 6.42 Å². The highest BCUT2D eigenvalue weighted by Gasteiger charge is 2.10. The minimum absolute atomic E-state index is 0.0829. The van der Waals surface area contributed by atoms with Gasteiger partial charge in [0, 0.05) is 23.7 Å². The number of hydrazine groups is 1. The van der Waals surface area contributed by atoms with Crippen molar-refractivity contribution in [3.63, 3.8) is 0 Å². The first-order valence-corrected chi connectivity index (χ1v) is 6.59. The highest BCUT2D eigenvalue weighted by Crippen LogP contribution is 2.09. The Hall–Kier alpha value is -2.27. The average molecular weight is 273 g/mol. The van der Waals surface area contributed by atoms with Crippen LogP contribution < -0.4 is 16.6 Å². The Kier molecular flexibility index (Phi) is 4.79. The van der Waals surface area contributed by atoms with Crippen LogP contribution in [0, 0.1) is 0 Å². The molecule has 1 aromatic carbocycles. The SMILES string of the molecule is CC(CCc1ccco1)NC(=O)c1ccc(NN)cc1. The third-order valence-corrected chi connectivity index (χ3v) is 3.10. The zero-order valence-electron chi connectivity index (χ0n) is 11.4. The molecule has 0 aliphatic carbocycles. The molecule has 0 saturated heterocycles. The summed E-state index contributed by atoms with van der Waals surface area (Å²) in [6, 6.07) is 10.9. The maximum Gasteiger partial charge on any atom is 0.251 e. The number of anilines is 1. The van der Waals surface area contributed by atoms with Crippen LogP contribution in [0.25, 0.3) is 0 Å². The summed E-state index contributed by atoms with van der Waals surface area (Å²) in [5, 5.41) is 2.96. The zero-order valence-corrected chi connectivity index (χ0v) is 11.4. The van der Waals surface area contributed by atoms with E-state index in [9.17, 15) is 4.79 Å². The van der Waals surface area contributed by atoms with E-state index in [1.54, 1.807) is 30.5 Å². The third-order valence-electron chi connectivity index (χ3n) is 3.10. The number of hydrogen-bond donors (Lipinski definition) is 3. The van der Waals surface area contributed by atoms with Gasteiger partial charge in [0.25, 0.3) is 5.91 Å². The van der Waals surface area contributed by atoms with Crippen molar-refractivity contribution in [1.82, 2.24) is 5.32 Å². The molecule has 2 rings (SSSR count). The van der Waals surface area contributed by atoms with Crippen LogP contribution in [0.5, 0.6) is 0 Å². The molecule has 1 heterocycles. The third kappa shape index (κ3) is 3.86. The Labute approximate surface area is 118 Å². The lowest BCUT2D eigenvalue weighted by Gasteiger charge is -2.13. The summed E-state index contributed by atoms with van der Waals surface area (Å²) in [5.41, 5.74) is 3.92. The second-order valence-electron chi connectivity index (χ2n) is 4.71. The van der Waals surface area contributed by atoms with Gasteiger partial charge in [0.05, 0.1) is 6.26 Å². The van der Waals surface area contributed by atoms with E-state index in [0.717, 1.165) is 24.3 Å². The van der Waals surface area contributed by atoms with Gasteiger partial charge in [-0.1, -0.05) is 0 Å². The van der Waals surface area contributed by atoms with Gasteiger partial charge in [-0.05, 0) is 49.7 Å². The van der Waals surface area contributed by atoms with E-state index in [1.165, 1.54) is 0 Å². The standard InChI is InChI=1S/C15H19N3O2/c1-11(4-9-14-3-2-10-20-14)17-15(19)12-5-7-13(18-16)8-6-12/h2-3,5-8,10-11,18H,4,9,16H2,1H3,(H,17,19). The number of aryl methyl sites for hydroxylation is 1. The molecule has 0 aliphatic rings. The molecule has 1 unspecified atom stereocenters. The number of rotatable bonds is 6. The van der Waals surface area contributed by atoms with Crippen molar-refractivity contribution in [2.45, 2.75) is 25.8 Å². The fourth-order valence-corrected chi connectivity index (χ4v) is 1.91. The number of benzene rings is 1. The maximum atomic E-state index is 12.0. The first kappa shape index (κ1) is 14.1. The van der Waals surface area contributed by atoms with E-state index in [1.807, 2.05) is 19.1 Å². The van der Waals surface area contributed by atoms with Crippen molar-refractivity contribution >= 4 is 11.6 Å². The molecule has 0 bridgehead atoms. The van der Waals surface area contributed by atoms with Crippen LogP contribution in [0.4, 0.5) is 5.69 Å². The molecule has 0 fully saturated rings. The predicted octanol–water partition coefficient (Wildman–Crippen LogP) is 2.32. The van der Waals surface area contributed by atoms with E-state index in [2.05, 4.69) is 10.7 Å². The number of carbonyl (C=O) groups excluding carboxylic acids is 1. The molecule has 1 atom stereocenters. The fraction of sp³-hybridized carbons (Fsp3) is 0.267. The molecule has 0 spiro atoms. The minimum atomic E-state index is -0.0829. The predicted molar refractivity (Wildman–Crippen MR) is 78.2 cm³/mol. The monoisotopic (exact) mass is 273 g/mol. The van der Waals surface area contributed by atoms with Crippen molar-refractivity contribution < 1.29 is 9.21 Å². The van der Waals surface area contributed by atoms with Crippen LogP contribution in [0.1, 0.15) is 29.5 Å². The van der Waals surface area contributed by atoms with E-state index < -0.39 is 0 Å². The van der Waals surface area contributed by atoms with Gasteiger partial charge in [0.2, 0.25) is 0 Å². The molecule has 1 amide bonds. The molecule has 5 heteroatoms. The van der Waals surface area contributed by atoms with Crippen LogP contribution in [0.2, 0.25) is 0 Å². The number of carbonyl (C=O) groups is 1. The van der Waals surface area contributed by atoms with E-state index >= 15 is 0 Å². The summed E-state index contributed by atoms with van der Waals surface area (Å²) < 4.78 is 5.27. The number of hydrogen-bond acceptors (Lipinski definition) is 4. The molecule has 5 nitrogen and oxygen atoms in total. The van der Waals surface area contributed by atoms with Crippen molar-refractivity contribution in [1.29, 1.82) is 0 Å². The molecule has 2 aromatic rings. The lowest BCUT2D eigenvalue weighted by molar-refractivity contribution is 0.0938.